The molecule has 0 aromatic heterocycles. The largest absolute Gasteiger partial charge is 0.206 e. The second kappa shape index (κ2) is 10.8. The number of rotatable bonds is 8. The molecule has 0 spiro atoms. The third-order valence-electron chi connectivity index (χ3n) is 7.24. The summed E-state index contributed by atoms with van der Waals surface area (Å²) in [6, 6.07) is 14.3. The van der Waals surface area contributed by atoms with Gasteiger partial charge in [-0.2, -0.15) is 0 Å². The summed E-state index contributed by atoms with van der Waals surface area (Å²) < 4.78 is 29.1. The molecule has 0 amide bonds. The Morgan fingerprint density at radius 2 is 1.62 bits per heavy atom. The monoisotopic (exact) mass is 454 g/mol. The van der Waals surface area contributed by atoms with Crippen molar-refractivity contribution >= 4 is 22.4 Å². The van der Waals surface area contributed by atoms with Crippen LogP contribution in [0.2, 0.25) is 5.02 Å². The van der Waals surface area contributed by atoms with E-state index in [2.05, 4.69) is 19.1 Å². The van der Waals surface area contributed by atoms with Crippen LogP contribution in [0, 0.1) is 17.6 Å². The second-order valence-corrected chi connectivity index (χ2v) is 9.86. The van der Waals surface area contributed by atoms with Gasteiger partial charge in [-0.1, -0.05) is 93.4 Å². The molecule has 0 bridgehead atoms. The lowest BCUT2D eigenvalue weighted by Crippen LogP contribution is -2.13. The van der Waals surface area contributed by atoms with Gasteiger partial charge in [0, 0.05) is 10.9 Å². The van der Waals surface area contributed by atoms with Crippen molar-refractivity contribution in [2.75, 3.05) is 0 Å². The Kier molecular flexibility index (Phi) is 7.84. The van der Waals surface area contributed by atoms with Crippen LogP contribution in [-0.2, 0) is 0 Å². The van der Waals surface area contributed by atoms with E-state index in [1.165, 1.54) is 81.9 Å². The summed E-state index contributed by atoms with van der Waals surface area (Å²) >= 11 is 5.78. The zero-order valence-electron chi connectivity index (χ0n) is 19.0. The van der Waals surface area contributed by atoms with Gasteiger partial charge in [-0.3, -0.25) is 0 Å². The summed E-state index contributed by atoms with van der Waals surface area (Å²) in [4.78, 5) is 0. The SMILES string of the molecule is CCCCCCCC1CCC(c2ccc3c(F)c(-c4ccc(Cl)c(F)c4)ccc3c2)CC1. The molecule has 0 N–H and O–H groups in total. The number of hydrogen-bond acceptors (Lipinski definition) is 0. The van der Waals surface area contributed by atoms with E-state index in [4.69, 9.17) is 11.6 Å². The number of hydrogen-bond donors (Lipinski definition) is 0. The van der Waals surface area contributed by atoms with Crippen LogP contribution < -0.4 is 0 Å². The molecule has 3 aromatic carbocycles. The molecule has 0 atom stereocenters. The Morgan fingerprint density at radius 3 is 2.38 bits per heavy atom. The van der Waals surface area contributed by atoms with Gasteiger partial charge in [0.15, 0.2) is 0 Å². The summed E-state index contributed by atoms with van der Waals surface area (Å²) in [5, 5.41) is 1.55. The predicted molar refractivity (Wildman–Crippen MR) is 132 cm³/mol. The molecule has 3 aromatic rings. The quantitative estimate of drug-likeness (QED) is 0.297. The third-order valence-corrected chi connectivity index (χ3v) is 7.55. The molecule has 0 aliphatic heterocycles. The number of fused-ring (bicyclic) bond motifs is 1. The van der Waals surface area contributed by atoms with Crippen molar-refractivity contribution < 1.29 is 8.78 Å². The Labute approximate surface area is 196 Å². The fraction of sp³-hybridized carbons (Fsp3) is 0.448. The van der Waals surface area contributed by atoms with Crippen molar-refractivity contribution in [3.8, 4) is 11.1 Å². The van der Waals surface area contributed by atoms with Gasteiger partial charge in [-0.25, -0.2) is 8.78 Å². The van der Waals surface area contributed by atoms with Gasteiger partial charge in [0.2, 0.25) is 0 Å². The van der Waals surface area contributed by atoms with Gasteiger partial charge < -0.3 is 0 Å². The molecule has 1 saturated carbocycles. The van der Waals surface area contributed by atoms with Gasteiger partial charge in [-0.05, 0) is 66.2 Å². The maximum atomic E-state index is 15.3. The lowest BCUT2D eigenvalue weighted by Gasteiger charge is -2.29. The highest BCUT2D eigenvalue weighted by molar-refractivity contribution is 6.30. The molecule has 3 heteroatoms. The van der Waals surface area contributed by atoms with Crippen LogP contribution in [0.5, 0.6) is 0 Å². The van der Waals surface area contributed by atoms with Crippen LogP contribution in [-0.4, -0.2) is 0 Å². The van der Waals surface area contributed by atoms with E-state index in [1.807, 2.05) is 12.1 Å². The average Bonchev–Trinajstić information content (AvgIpc) is 2.81. The van der Waals surface area contributed by atoms with E-state index in [0.29, 0.717) is 22.4 Å². The van der Waals surface area contributed by atoms with Crippen LogP contribution in [0.4, 0.5) is 8.78 Å². The van der Waals surface area contributed by atoms with Crippen molar-refractivity contribution in [3.05, 3.63) is 70.8 Å². The van der Waals surface area contributed by atoms with Crippen LogP contribution >= 0.6 is 11.6 Å². The van der Waals surface area contributed by atoms with Crippen molar-refractivity contribution in [2.45, 2.75) is 77.0 Å². The normalized spacial score (nSPS) is 18.9. The van der Waals surface area contributed by atoms with Gasteiger partial charge in [-0.15, -0.1) is 0 Å². The highest BCUT2D eigenvalue weighted by atomic mass is 35.5. The first-order valence-corrected chi connectivity index (χ1v) is 12.6. The van der Waals surface area contributed by atoms with E-state index in [0.717, 1.165) is 11.3 Å². The summed E-state index contributed by atoms with van der Waals surface area (Å²) in [6.07, 6.45) is 13.3. The number of halogens is 3. The molecule has 1 aliphatic rings. The van der Waals surface area contributed by atoms with E-state index < -0.39 is 5.82 Å². The molecule has 0 radical (unpaired) electrons. The Hall–Kier alpha value is -1.93. The van der Waals surface area contributed by atoms with Crippen LogP contribution in [0.3, 0.4) is 0 Å². The summed E-state index contributed by atoms with van der Waals surface area (Å²) in [7, 11) is 0. The van der Waals surface area contributed by atoms with Gasteiger partial charge >= 0.3 is 0 Å². The summed E-state index contributed by atoms with van der Waals surface area (Å²) in [5.74, 6) is 0.620. The minimum absolute atomic E-state index is 0.0470. The molecule has 0 heterocycles. The fourth-order valence-corrected chi connectivity index (χ4v) is 5.39. The van der Waals surface area contributed by atoms with E-state index >= 15 is 4.39 Å². The zero-order chi connectivity index (χ0) is 22.5. The summed E-state index contributed by atoms with van der Waals surface area (Å²) in [6.45, 7) is 2.27. The smallest absolute Gasteiger partial charge is 0.142 e. The van der Waals surface area contributed by atoms with E-state index in [1.54, 1.807) is 12.1 Å². The molecule has 1 fully saturated rings. The van der Waals surface area contributed by atoms with E-state index in [9.17, 15) is 4.39 Å². The van der Waals surface area contributed by atoms with Crippen molar-refractivity contribution in [3.63, 3.8) is 0 Å². The lowest BCUT2D eigenvalue weighted by atomic mass is 9.76. The zero-order valence-corrected chi connectivity index (χ0v) is 19.7. The van der Waals surface area contributed by atoms with Crippen LogP contribution in [0.25, 0.3) is 21.9 Å². The first kappa shape index (κ1) is 23.2. The van der Waals surface area contributed by atoms with Crippen molar-refractivity contribution in [1.29, 1.82) is 0 Å². The maximum absolute atomic E-state index is 15.3. The topological polar surface area (TPSA) is 0 Å². The predicted octanol–water partition coefficient (Wildman–Crippen LogP) is 10.1. The van der Waals surface area contributed by atoms with Crippen molar-refractivity contribution in [1.82, 2.24) is 0 Å². The van der Waals surface area contributed by atoms with Crippen molar-refractivity contribution in [2.24, 2.45) is 5.92 Å². The molecular weight excluding hydrogens is 422 g/mol. The van der Waals surface area contributed by atoms with Crippen LogP contribution in [0.1, 0.15) is 82.6 Å². The van der Waals surface area contributed by atoms with Gasteiger partial charge in [0.25, 0.3) is 0 Å². The third kappa shape index (κ3) is 5.34. The number of benzene rings is 3. The Bertz CT molecular complexity index is 1050. The summed E-state index contributed by atoms with van der Waals surface area (Å²) in [5.41, 5.74) is 2.23. The Morgan fingerprint density at radius 1 is 0.844 bits per heavy atom. The molecule has 0 saturated heterocycles. The van der Waals surface area contributed by atoms with E-state index in [-0.39, 0.29) is 10.8 Å². The first-order valence-electron chi connectivity index (χ1n) is 12.2. The molecule has 0 nitrogen and oxygen atoms in total. The van der Waals surface area contributed by atoms with Crippen LogP contribution in [0.15, 0.2) is 48.5 Å². The molecular formula is C29H33ClF2. The Balaban J connectivity index is 1.43. The minimum Gasteiger partial charge on any atom is -0.206 e. The van der Waals surface area contributed by atoms with Gasteiger partial charge in [0.1, 0.15) is 11.6 Å². The average molecular weight is 455 g/mol. The number of unbranched alkanes of at least 4 members (excludes halogenated alkanes) is 4. The first-order chi connectivity index (χ1) is 15.6. The highest BCUT2D eigenvalue weighted by Gasteiger charge is 2.22. The lowest BCUT2D eigenvalue weighted by molar-refractivity contribution is 0.302. The molecule has 170 valence electrons. The molecule has 4 rings (SSSR count). The molecule has 1 aliphatic carbocycles. The molecule has 0 unspecified atom stereocenters. The minimum atomic E-state index is -0.532. The standard InChI is InChI=1S/C29H33ClF2/c1-2-3-4-5-6-7-20-8-10-21(11-9-20)22-12-15-25-23(18-22)13-16-26(29(25)32)24-14-17-27(30)28(31)19-24/h12-21H,2-11H2,1H3. The fourth-order valence-electron chi connectivity index (χ4n) is 5.27. The highest BCUT2D eigenvalue weighted by Crippen LogP contribution is 2.39. The second-order valence-electron chi connectivity index (χ2n) is 9.46. The van der Waals surface area contributed by atoms with Gasteiger partial charge in [0.05, 0.1) is 5.02 Å². The molecule has 32 heavy (non-hydrogen) atoms. The maximum Gasteiger partial charge on any atom is 0.142 e.